The first-order valence-corrected chi connectivity index (χ1v) is 8.05. The molecule has 1 saturated heterocycles. The van der Waals surface area contributed by atoms with Gasteiger partial charge in [-0.3, -0.25) is 9.69 Å². The van der Waals surface area contributed by atoms with Crippen molar-refractivity contribution < 1.29 is 18.7 Å². The lowest BCUT2D eigenvalue weighted by atomic mass is 10.1. The third-order valence-corrected chi connectivity index (χ3v) is 4.15. The molecular weight excluding hydrogens is 308 g/mol. The summed E-state index contributed by atoms with van der Waals surface area (Å²) >= 11 is 0. The molecule has 0 radical (unpaired) electrons. The maximum Gasteiger partial charge on any atom is 0.251 e. The Bertz CT molecular complexity index is 651. The monoisotopic (exact) mass is 330 g/mol. The number of ether oxygens (including phenoxy) is 2. The van der Waals surface area contributed by atoms with Crippen molar-refractivity contribution in [1.29, 1.82) is 0 Å². The third kappa shape index (κ3) is 3.96. The lowest BCUT2D eigenvalue weighted by Crippen LogP contribution is -2.43. The first kappa shape index (κ1) is 16.5. The van der Waals surface area contributed by atoms with Gasteiger partial charge < -0.3 is 19.2 Å². The molecular formula is C18H22N2O4. The van der Waals surface area contributed by atoms with Crippen molar-refractivity contribution in [2.75, 3.05) is 40.0 Å². The van der Waals surface area contributed by atoms with E-state index >= 15 is 0 Å². The van der Waals surface area contributed by atoms with Crippen LogP contribution in [0.25, 0.3) is 0 Å². The fourth-order valence-corrected chi connectivity index (χ4v) is 2.84. The molecule has 0 saturated carbocycles. The Labute approximate surface area is 141 Å². The second-order valence-corrected chi connectivity index (χ2v) is 5.62. The molecule has 1 aliphatic heterocycles. The lowest BCUT2D eigenvalue weighted by Gasteiger charge is -2.33. The van der Waals surface area contributed by atoms with Gasteiger partial charge in [-0.2, -0.15) is 0 Å². The van der Waals surface area contributed by atoms with Crippen LogP contribution in [-0.4, -0.2) is 50.8 Å². The van der Waals surface area contributed by atoms with Gasteiger partial charge in [0.15, 0.2) is 0 Å². The van der Waals surface area contributed by atoms with Crippen molar-refractivity contribution >= 4 is 5.91 Å². The van der Waals surface area contributed by atoms with E-state index in [1.54, 1.807) is 31.6 Å². The van der Waals surface area contributed by atoms with E-state index in [0.29, 0.717) is 31.1 Å². The number of morpholine rings is 1. The molecule has 1 atom stereocenters. The summed E-state index contributed by atoms with van der Waals surface area (Å²) in [5.41, 5.74) is 0.578. The van der Waals surface area contributed by atoms with E-state index in [1.165, 1.54) is 0 Å². The van der Waals surface area contributed by atoms with Crippen LogP contribution in [0.4, 0.5) is 0 Å². The number of nitrogens with zero attached hydrogens (tertiary/aromatic N) is 1. The number of benzene rings is 1. The van der Waals surface area contributed by atoms with E-state index in [1.807, 2.05) is 18.2 Å². The maximum absolute atomic E-state index is 12.4. The van der Waals surface area contributed by atoms with Crippen molar-refractivity contribution in [3.05, 3.63) is 54.0 Å². The molecule has 0 aliphatic carbocycles. The minimum absolute atomic E-state index is 0.00143. The summed E-state index contributed by atoms with van der Waals surface area (Å²) in [6, 6.07) is 10.9. The lowest BCUT2D eigenvalue weighted by molar-refractivity contribution is 0.0118. The predicted molar refractivity (Wildman–Crippen MR) is 89.2 cm³/mol. The Morgan fingerprint density at radius 1 is 1.29 bits per heavy atom. The Morgan fingerprint density at radius 3 is 2.83 bits per heavy atom. The highest BCUT2D eigenvalue weighted by Crippen LogP contribution is 2.22. The topological polar surface area (TPSA) is 63.9 Å². The van der Waals surface area contributed by atoms with Gasteiger partial charge in [0.1, 0.15) is 11.5 Å². The van der Waals surface area contributed by atoms with E-state index in [2.05, 4.69) is 10.2 Å². The molecule has 24 heavy (non-hydrogen) atoms. The quantitative estimate of drug-likeness (QED) is 0.879. The minimum Gasteiger partial charge on any atom is -0.497 e. The molecule has 0 unspecified atom stereocenters. The van der Waals surface area contributed by atoms with Gasteiger partial charge in [-0.1, -0.05) is 6.07 Å². The van der Waals surface area contributed by atoms with E-state index < -0.39 is 0 Å². The Kier molecular flexibility index (Phi) is 5.51. The van der Waals surface area contributed by atoms with Gasteiger partial charge in [0.25, 0.3) is 5.91 Å². The van der Waals surface area contributed by atoms with Crippen LogP contribution in [0.2, 0.25) is 0 Å². The number of nitrogens with one attached hydrogen (secondary N) is 1. The van der Waals surface area contributed by atoms with Gasteiger partial charge in [-0.05, 0) is 30.3 Å². The molecule has 2 heterocycles. The first-order valence-electron chi connectivity index (χ1n) is 8.05. The smallest absolute Gasteiger partial charge is 0.251 e. The summed E-state index contributed by atoms with van der Waals surface area (Å²) < 4.78 is 16.2. The summed E-state index contributed by atoms with van der Waals surface area (Å²) in [4.78, 5) is 14.7. The highest BCUT2D eigenvalue weighted by molar-refractivity contribution is 5.94. The number of rotatable bonds is 6. The first-order chi connectivity index (χ1) is 11.8. The summed E-state index contributed by atoms with van der Waals surface area (Å²) in [7, 11) is 1.59. The van der Waals surface area contributed by atoms with Crippen LogP contribution >= 0.6 is 0 Å². The Morgan fingerprint density at radius 2 is 2.12 bits per heavy atom. The molecule has 1 fully saturated rings. The van der Waals surface area contributed by atoms with Gasteiger partial charge in [0, 0.05) is 25.2 Å². The van der Waals surface area contributed by atoms with Crippen molar-refractivity contribution in [1.82, 2.24) is 10.2 Å². The predicted octanol–water partition coefficient (Wildman–Crippen LogP) is 2.09. The van der Waals surface area contributed by atoms with Gasteiger partial charge >= 0.3 is 0 Å². The molecule has 1 amide bonds. The second-order valence-electron chi connectivity index (χ2n) is 5.62. The minimum atomic E-state index is -0.126. The van der Waals surface area contributed by atoms with Crippen molar-refractivity contribution in [3.8, 4) is 5.75 Å². The van der Waals surface area contributed by atoms with Crippen LogP contribution in [0.3, 0.4) is 0 Å². The molecule has 128 valence electrons. The van der Waals surface area contributed by atoms with Gasteiger partial charge in [0.2, 0.25) is 0 Å². The van der Waals surface area contributed by atoms with E-state index in [9.17, 15) is 4.79 Å². The highest BCUT2D eigenvalue weighted by atomic mass is 16.5. The summed E-state index contributed by atoms with van der Waals surface area (Å²) in [5, 5.41) is 3.00. The third-order valence-electron chi connectivity index (χ3n) is 4.15. The van der Waals surface area contributed by atoms with Crippen LogP contribution in [0.1, 0.15) is 22.2 Å². The number of hydrogen-bond acceptors (Lipinski definition) is 5. The summed E-state index contributed by atoms with van der Waals surface area (Å²) in [6.45, 7) is 3.51. The molecule has 1 N–H and O–H groups in total. The zero-order valence-corrected chi connectivity index (χ0v) is 13.7. The number of hydrogen-bond donors (Lipinski definition) is 1. The second kappa shape index (κ2) is 7.99. The molecule has 0 bridgehead atoms. The van der Waals surface area contributed by atoms with Crippen LogP contribution < -0.4 is 10.1 Å². The van der Waals surface area contributed by atoms with Crippen LogP contribution in [0.5, 0.6) is 5.75 Å². The van der Waals surface area contributed by atoms with E-state index in [-0.39, 0.29) is 11.9 Å². The highest BCUT2D eigenvalue weighted by Gasteiger charge is 2.25. The maximum atomic E-state index is 12.4. The molecule has 6 nitrogen and oxygen atoms in total. The summed E-state index contributed by atoms with van der Waals surface area (Å²) in [5.74, 6) is 1.39. The molecule has 1 aliphatic rings. The molecule has 1 aromatic heterocycles. The summed E-state index contributed by atoms with van der Waals surface area (Å²) in [6.07, 6.45) is 1.66. The zero-order valence-electron chi connectivity index (χ0n) is 13.7. The number of methoxy groups -OCH3 is 1. The Balaban J connectivity index is 1.67. The molecule has 6 heteroatoms. The van der Waals surface area contributed by atoms with E-state index in [4.69, 9.17) is 13.9 Å². The van der Waals surface area contributed by atoms with Gasteiger partial charge in [-0.25, -0.2) is 0 Å². The zero-order chi connectivity index (χ0) is 16.8. The van der Waals surface area contributed by atoms with Crippen molar-refractivity contribution in [2.45, 2.75) is 6.04 Å². The van der Waals surface area contributed by atoms with Crippen molar-refractivity contribution in [2.24, 2.45) is 0 Å². The fourth-order valence-electron chi connectivity index (χ4n) is 2.84. The standard InChI is InChI=1S/C18H22N2O4/c1-22-15-5-2-4-14(12-15)18(21)19-13-16(17-6-3-9-24-17)20-7-10-23-11-8-20/h2-6,9,12,16H,7-8,10-11,13H2,1H3,(H,19,21)/t16-/m0/s1. The molecule has 3 rings (SSSR count). The van der Waals surface area contributed by atoms with Gasteiger partial charge in [-0.15, -0.1) is 0 Å². The number of amides is 1. The van der Waals surface area contributed by atoms with Crippen LogP contribution in [0.15, 0.2) is 47.1 Å². The average molecular weight is 330 g/mol. The van der Waals surface area contributed by atoms with Crippen LogP contribution in [-0.2, 0) is 4.74 Å². The largest absolute Gasteiger partial charge is 0.497 e. The number of furan rings is 1. The molecule has 1 aromatic carbocycles. The number of carbonyl (C=O) groups is 1. The Hall–Kier alpha value is -2.31. The average Bonchev–Trinajstić information content (AvgIpc) is 3.17. The fraction of sp³-hybridized carbons (Fsp3) is 0.389. The van der Waals surface area contributed by atoms with Crippen LogP contribution in [0, 0.1) is 0 Å². The number of carbonyl (C=O) groups excluding carboxylic acids is 1. The molecule has 0 spiro atoms. The normalized spacial score (nSPS) is 16.5. The molecule has 2 aromatic rings. The van der Waals surface area contributed by atoms with Crippen molar-refractivity contribution in [3.63, 3.8) is 0 Å². The SMILES string of the molecule is COc1cccc(C(=O)NC[C@@H](c2ccco2)N2CCOCC2)c1. The van der Waals surface area contributed by atoms with E-state index in [0.717, 1.165) is 18.8 Å². The van der Waals surface area contributed by atoms with Gasteiger partial charge in [0.05, 0.1) is 32.6 Å².